The van der Waals surface area contributed by atoms with Gasteiger partial charge in [0.15, 0.2) is 5.69 Å². The molecule has 2 aromatic rings. The Bertz CT molecular complexity index is 576. The highest BCUT2D eigenvalue weighted by Gasteiger charge is 2.09. The van der Waals surface area contributed by atoms with E-state index in [1.54, 1.807) is 10.7 Å². The molecule has 0 radical (unpaired) electrons. The second-order valence-electron chi connectivity index (χ2n) is 4.43. The normalized spacial score (nSPS) is 10.6. The molecule has 0 bridgehead atoms. The van der Waals surface area contributed by atoms with Crippen LogP contribution in [0.4, 0.5) is 0 Å². The molecule has 1 aromatic carbocycles. The van der Waals surface area contributed by atoms with Crippen molar-refractivity contribution in [1.82, 2.24) is 9.78 Å². The van der Waals surface area contributed by atoms with Gasteiger partial charge in [-0.05, 0) is 43.5 Å². The molecule has 100 valence electrons. The first-order valence-corrected chi connectivity index (χ1v) is 6.88. The van der Waals surface area contributed by atoms with Crippen molar-refractivity contribution >= 4 is 21.9 Å². The number of carboxylic acid groups (broad SMARTS) is 1. The minimum Gasteiger partial charge on any atom is -0.476 e. The van der Waals surface area contributed by atoms with E-state index in [9.17, 15) is 4.79 Å². The second kappa shape index (κ2) is 6.02. The maximum Gasteiger partial charge on any atom is 0.356 e. The van der Waals surface area contributed by atoms with Crippen molar-refractivity contribution in [3.05, 3.63) is 51.8 Å². The molecule has 2 rings (SSSR count). The Morgan fingerprint density at radius 2 is 2.05 bits per heavy atom. The van der Waals surface area contributed by atoms with Gasteiger partial charge in [0.05, 0.1) is 0 Å². The van der Waals surface area contributed by atoms with Gasteiger partial charge in [-0.25, -0.2) is 4.79 Å². The molecule has 1 heterocycles. The van der Waals surface area contributed by atoms with E-state index in [4.69, 9.17) is 5.11 Å². The summed E-state index contributed by atoms with van der Waals surface area (Å²) in [6.07, 6.45) is 1.89. The third-order valence-corrected chi connectivity index (χ3v) is 3.48. The molecule has 0 aliphatic rings. The largest absolute Gasteiger partial charge is 0.476 e. The summed E-state index contributed by atoms with van der Waals surface area (Å²) in [4.78, 5) is 10.8. The first-order chi connectivity index (χ1) is 9.06. The molecule has 0 saturated carbocycles. The van der Waals surface area contributed by atoms with Crippen LogP contribution in [-0.2, 0) is 13.0 Å². The van der Waals surface area contributed by atoms with Crippen molar-refractivity contribution in [2.75, 3.05) is 0 Å². The minimum atomic E-state index is -0.977. The van der Waals surface area contributed by atoms with Crippen LogP contribution in [0.5, 0.6) is 0 Å². The summed E-state index contributed by atoms with van der Waals surface area (Å²) >= 11 is 3.41. The van der Waals surface area contributed by atoms with Gasteiger partial charge in [0.1, 0.15) is 0 Å². The summed E-state index contributed by atoms with van der Waals surface area (Å²) in [5, 5.41) is 12.9. The van der Waals surface area contributed by atoms with Crippen LogP contribution >= 0.6 is 15.9 Å². The highest BCUT2D eigenvalue weighted by molar-refractivity contribution is 9.10. The zero-order valence-electron chi connectivity index (χ0n) is 10.6. The SMILES string of the molecule is Cc1cc(C(=O)O)nn1CCCc1ccc(Br)cc1. The first kappa shape index (κ1) is 13.8. The predicted octanol–water partition coefficient (Wildman–Crippen LogP) is 3.29. The fraction of sp³-hybridized carbons (Fsp3) is 0.286. The lowest BCUT2D eigenvalue weighted by molar-refractivity contribution is 0.0689. The number of benzene rings is 1. The third-order valence-electron chi connectivity index (χ3n) is 2.95. The summed E-state index contributed by atoms with van der Waals surface area (Å²) in [6.45, 7) is 2.61. The van der Waals surface area contributed by atoms with Crippen molar-refractivity contribution in [2.45, 2.75) is 26.3 Å². The Labute approximate surface area is 120 Å². The van der Waals surface area contributed by atoms with Gasteiger partial charge in [-0.3, -0.25) is 4.68 Å². The van der Waals surface area contributed by atoms with Gasteiger partial charge in [0, 0.05) is 16.7 Å². The molecular weight excluding hydrogens is 308 g/mol. The van der Waals surface area contributed by atoms with E-state index >= 15 is 0 Å². The number of aromatic nitrogens is 2. The second-order valence-corrected chi connectivity index (χ2v) is 5.34. The first-order valence-electron chi connectivity index (χ1n) is 6.08. The maximum atomic E-state index is 10.8. The summed E-state index contributed by atoms with van der Waals surface area (Å²) in [5.74, 6) is -0.977. The van der Waals surface area contributed by atoms with Crippen LogP contribution in [0.2, 0.25) is 0 Å². The van der Waals surface area contributed by atoms with Gasteiger partial charge in [0.2, 0.25) is 0 Å². The molecule has 0 amide bonds. The Morgan fingerprint density at radius 1 is 1.37 bits per heavy atom. The predicted molar refractivity (Wildman–Crippen MR) is 76.4 cm³/mol. The quantitative estimate of drug-likeness (QED) is 0.919. The lowest BCUT2D eigenvalue weighted by atomic mass is 10.1. The molecule has 0 saturated heterocycles. The maximum absolute atomic E-state index is 10.8. The fourth-order valence-corrected chi connectivity index (χ4v) is 2.19. The number of hydrogen-bond acceptors (Lipinski definition) is 2. The molecule has 1 N–H and O–H groups in total. The Hall–Kier alpha value is -1.62. The molecule has 5 heteroatoms. The van der Waals surface area contributed by atoms with Gasteiger partial charge in [0.25, 0.3) is 0 Å². The number of carbonyl (C=O) groups is 1. The monoisotopic (exact) mass is 322 g/mol. The van der Waals surface area contributed by atoms with E-state index in [-0.39, 0.29) is 5.69 Å². The number of halogens is 1. The Balaban J connectivity index is 1.92. The van der Waals surface area contributed by atoms with Gasteiger partial charge in [-0.2, -0.15) is 5.10 Å². The lowest BCUT2D eigenvalue weighted by Crippen LogP contribution is -2.05. The van der Waals surface area contributed by atoms with Crippen LogP contribution in [-0.4, -0.2) is 20.9 Å². The van der Waals surface area contributed by atoms with Gasteiger partial charge < -0.3 is 5.11 Å². The average molecular weight is 323 g/mol. The van der Waals surface area contributed by atoms with Gasteiger partial charge >= 0.3 is 5.97 Å². The Kier molecular flexibility index (Phi) is 4.37. The molecule has 0 spiro atoms. The van der Waals surface area contributed by atoms with Gasteiger partial charge in [-0.1, -0.05) is 28.1 Å². The molecule has 0 atom stereocenters. The van der Waals surface area contributed by atoms with Crippen molar-refractivity contribution < 1.29 is 9.90 Å². The zero-order chi connectivity index (χ0) is 13.8. The van der Waals surface area contributed by atoms with E-state index in [2.05, 4.69) is 33.2 Å². The van der Waals surface area contributed by atoms with Crippen molar-refractivity contribution in [3.8, 4) is 0 Å². The summed E-state index contributed by atoms with van der Waals surface area (Å²) < 4.78 is 2.83. The smallest absolute Gasteiger partial charge is 0.356 e. The standard InChI is InChI=1S/C14H15BrN2O2/c1-10-9-13(14(18)19)16-17(10)8-2-3-11-4-6-12(15)7-5-11/h4-7,9H,2-3,8H2,1H3,(H,18,19). The fourth-order valence-electron chi connectivity index (χ4n) is 1.93. The lowest BCUT2D eigenvalue weighted by Gasteiger charge is -2.04. The van der Waals surface area contributed by atoms with Crippen molar-refractivity contribution in [1.29, 1.82) is 0 Å². The zero-order valence-corrected chi connectivity index (χ0v) is 12.2. The van der Waals surface area contributed by atoms with Crippen molar-refractivity contribution in [2.24, 2.45) is 0 Å². The number of hydrogen-bond donors (Lipinski definition) is 1. The third kappa shape index (κ3) is 3.67. The molecule has 0 fully saturated rings. The molecule has 0 aliphatic heterocycles. The van der Waals surface area contributed by atoms with Crippen LogP contribution < -0.4 is 0 Å². The van der Waals surface area contributed by atoms with E-state index in [0.29, 0.717) is 0 Å². The number of carboxylic acids is 1. The van der Waals surface area contributed by atoms with E-state index in [1.165, 1.54) is 5.56 Å². The summed E-state index contributed by atoms with van der Waals surface area (Å²) in [7, 11) is 0. The molecule has 4 nitrogen and oxygen atoms in total. The van der Waals surface area contributed by atoms with E-state index < -0.39 is 5.97 Å². The number of aryl methyl sites for hydroxylation is 3. The van der Waals surface area contributed by atoms with Crippen LogP contribution in [0, 0.1) is 6.92 Å². The van der Waals surface area contributed by atoms with Crippen LogP contribution in [0.25, 0.3) is 0 Å². The topological polar surface area (TPSA) is 55.1 Å². The number of nitrogens with zero attached hydrogens (tertiary/aromatic N) is 2. The average Bonchev–Trinajstić information content (AvgIpc) is 2.74. The summed E-state index contributed by atoms with van der Waals surface area (Å²) in [6, 6.07) is 9.82. The van der Waals surface area contributed by atoms with Gasteiger partial charge in [-0.15, -0.1) is 0 Å². The highest BCUT2D eigenvalue weighted by Crippen LogP contribution is 2.12. The molecule has 0 unspecified atom stereocenters. The number of rotatable bonds is 5. The minimum absolute atomic E-state index is 0.112. The van der Waals surface area contributed by atoms with E-state index in [1.807, 2.05) is 19.1 Å². The Morgan fingerprint density at radius 3 is 2.63 bits per heavy atom. The molecular formula is C14H15BrN2O2. The molecule has 19 heavy (non-hydrogen) atoms. The highest BCUT2D eigenvalue weighted by atomic mass is 79.9. The van der Waals surface area contributed by atoms with Crippen molar-refractivity contribution in [3.63, 3.8) is 0 Å². The number of aromatic carboxylic acids is 1. The molecule has 0 aliphatic carbocycles. The summed E-state index contributed by atoms with van der Waals surface area (Å²) in [5.41, 5.74) is 2.26. The van der Waals surface area contributed by atoms with E-state index in [0.717, 1.165) is 29.6 Å². The van der Waals surface area contributed by atoms with Crippen LogP contribution in [0.3, 0.4) is 0 Å². The van der Waals surface area contributed by atoms with Crippen LogP contribution in [0.15, 0.2) is 34.8 Å². The molecule has 1 aromatic heterocycles. The van der Waals surface area contributed by atoms with Crippen LogP contribution in [0.1, 0.15) is 28.2 Å².